The van der Waals surface area contributed by atoms with Crippen LogP contribution in [0.2, 0.25) is 20.1 Å². The molecule has 0 heterocycles. The molecule has 0 spiro atoms. The van der Waals surface area contributed by atoms with Crippen molar-refractivity contribution in [3.05, 3.63) is 68.6 Å². The Labute approximate surface area is 128 Å². The minimum Gasteiger partial charge on any atom is -0.197 e. The summed E-state index contributed by atoms with van der Waals surface area (Å²) in [7, 11) is 0. The third kappa shape index (κ3) is 6.44. The third-order valence-electron chi connectivity index (χ3n) is 1.65. The van der Waals surface area contributed by atoms with E-state index >= 15 is 0 Å². The van der Waals surface area contributed by atoms with Gasteiger partial charge in [0.25, 0.3) is 0 Å². The zero-order valence-electron chi connectivity index (χ0n) is 8.63. The van der Waals surface area contributed by atoms with Gasteiger partial charge in [0, 0.05) is 0 Å². The molecule has 0 fully saturated rings. The Bertz CT molecular complexity index is 374. The van der Waals surface area contributed by atoms with Crippen LogP contribution in [0.1, 0.15) is 0 Å². The van der Waals surface area contributed by atoms with Gasteiger partial charge in [0.15, 0.2) is 0 Å². The van der Waals surface area contributed by atoms with Crippen LogP contribution in [0.3, 0.4) is 0 Å². The van der Waals surface area contributed by atoms with Crippen LogP contribution in [-0.4, -0.2) is 0 Å². The maximum absolute atomic E-state index is 5.58. The number of hydrogen-bond acceptors (Lipinski definition) is 0. The van der Waals surface area contributed by atoms with Gasteiger partial charge < -0.3 is 0 Å². The van der Waals surface area contributed by atoms with Crippen LogP contribution in [0.4, 0.5) is 0 Å². The van der Waals surface area contributed by atoms with Gasteiger partial charge in [0.2, 0.25) is 0 Å². The Morgan fingerprint density at radius 3 is 0.765 bits per heavy atom. The normalized spacial score (nSPS) is 8.71. The quantitative estimate of drug-likeness (QED) is 0.548. The highest BCUT2D eigenvalue weighted by atomic mass is 35.5. The van der Waals surface area contributed by atoms with Crippen molar-refractivity contribution in [3.8, 4) is 0 Å². The molecular weight excluding hydrogens is 318 g/mol. The number of hydrogen-bond donors (Lipinski definition) is 0. The lowest BCUT2D eigenvalue weighted by molar-refractivity contribution is 1.71. The van der Waals surface area contributed by atoms with Gasteiger partial charge in [0.1, 0.15) is 0 Å². The lowest BCUT2D eigenvalue weighted by atomic mass is 10.4. The SMILES string of the molecule is Clc1ccccc1Cl.Clc1ccccc1Cl.S. The fourth-order valence-corrected chi connectivity index (χ4v) is 1.42. The second kappa shape index (κ2) is 8.96. The summed E-state index contributed by atoms with van der Waals surface area (Å²) in [5.74, 6) is 0. The first-order valence-electron chi connectivity index (χ1n) is 4.41. The topological polar surface area (TPSA) is 0 Å². The van der Waals surface area contributed by atoms with Crippen molar-refractivity contribution in [2.45, 2.75) is 0 Å². The molecular formula is C12H10Cl4S. The first-order chi connectivity index (χ1) is 7.61. The van der Waals surface area contributed by atoms with E-state index in [0.717, 1.165) is 0 Å². The molecule has 0 radical (unpaired) electrons. The summed E-state index contributed by atoms with van der Waals surface area (Å²) in [5, 5.41) is 2.42. The van der Waals surface area contributed by atoms with Crippen molar-refractivity contribution < 1.29 is 0 Å². The lowest BCUT2D eigenvalue weighted by Gasteiger charge is -1.88. The van der Waals surface area contributed by atoms with Gasteiger partial charge in [0.05, 0.1) is 20.1 Å². The summed E-state index contributed by atoms with van der Waals surface area (Å²) >= 11 is 22.3. The largest absolute Gasteiger partial charge is 0.197 e. The Morgan fingerprint density at radius 2 is 0.647 bits per heavy atom. The number of rotatable bonds is 0. The Hall–Kier alpha value is -0.0500. The zero-order valence-corrected chi connectivity index (χ0v) is 12.7. The summed E-state index contributed by atoms with van der Waals surface area (Å²) in [6.45, 7) is 0. The van der Waals surface area contributed by atoms with Crippen molar-refractivity contribution in [2.24, 2.45) is 0 Å². The van der Waals surface area contributed by atoms with E-state index < -0.39 is 0 Å². The zero-order chi connectivity index (χ0) is 12.0. The molecule has 0 unspecified atom stereocenters. The standard InChI is InChI=1S/2C6H4Cl2.H2S/c2*7-5-3-1-2-4-6(5)8;/h2*1-4H;1H2. The van der Waals surface area contributed by atoms with Crippen molar-refractivity contribution in [2.75, 3.05) is 0 Å². The highest BCUT2D eigenvalue weighted by molar-refractivity contribution is 7.59. The fourth-order valence-electron chi connectivity index (χ4n) is 0.879. The van der Waals surface area contributed by atoms with Crippen molar-refractivity contribution >= 4 is 59.9 Å². The lowest BCUT2D eigenvalue weighted by Crippen LogP contribution is -1.62. The maximum atomic E-state index is 5.58. The Morgan fingerprint density at radius 1 is 0.471 bits per heavy atom. The molecule has 0 aromatic heterocycles. The maximum Gasteiger partial charge on any atom is 0.0592 e. The van der Waals surface area contributed by atoms with Crippen molar-refractivity contribution in [1.82, 2.24) is 0 Å². The van der Waals surface area contributed by atoms with E-state index in [-0.39, 0.29) is 13.5 Å². The second-order valence-electron chi connectivity index (χ2n) is 2.83. The van der Waals surface area contributed by atoms with Gasteiger partial charge in [-0.05, 0) is 24.3 Å². The van der Waals surface area contributed by atoms with Crippen molar-refractivity contribution in [3.63, 3.8) is 0 Å². The predicted molar refractivity (Wildman–Crippen MR) is 83.3 cm³/mol. The van der Waals surface area contributed by atoms with Gasteiger partial charge in [-0.25, -0.2) is 0 Å². The van der Waals surface area contributed by atoms with E-state index in [9.17, 15) is 0 Å². The molecule has 0 saturated heterocycles. The van der Waals surface area contributed by atoms with E-state index in [1.54, 1.807) is 24.3 Å². The highest BCUT2D eigenvalue weighted by Gasteiger charge is 1.89. The summed E-state index contributed by atoms with van der Waals surface area (Å²) in [6, 6.07) is 14.4. The van der Waals surface area contributed by atoms with Crippen LogP contribution in [0.15, 0.2) is 48.5 Å². The van der Waals surface area contributed by atoms with Crippen LogP contribution >= 0.6 is 59.9 Å². The monoisotopic (exact) mass is 326 g/mol. The van der Waals surface area contributed by atoms with E-state index in [0.29, 0.717) is 20.1 Å². The van der Waals surface area contributed by atoms with Crippen LogP contribution < -0.4 is 0 Å². The van der Waals surface area contributed by atoms with E-state index in [1.165, 1.54) is 0 Å². The summed E-state index contributed by atoms with van der Waals surface area (Å²) in [5.41, 5.74) is 0. The smallest absolute Gasteiger partial charge is 0.0592 e. The highest BCUT2D eigenvalue weighted by Crippen LogP contribution is 2.19. The average Bonchev–Trinajstić information content (AvgIpc) is 2.28. The molecule has 0 aliphatic carbocycles. The molecule has 0 bridgehead atoms. The molecule has 5 heteroatoms. The minimum absolute atomic E-state index is 0. The second-order valence-corrected chi connectivity index (χ2v) is 4.46. The van der Waals surface area contributed by atoms with Gasteiger partial charge in [-0.2, -0.15) is 13.5 Å². The fraction of sp³-hybridized carbons (Fsp3) is 0. The number of benzene rings is 2. The Balaban J connectivity index is 0.000000284. The minimum atomic E-state index is 0. The molecule has 2 aromatic carbocycles. The first-order valence-corrected chi connectivity index (χ1v) is 5.92. The molecule has 0 atom stereocenters. The molecule has 17 heavy (non-hydrogen) atoms. The van der Waals surface area contributed by atoms with Gasteiger partial charge >= 0.3 is 0 Å². The summed E-state index contributed by atoms with van der Waals surface area (Å²) in [6.07, 6.45) is 0. The molecule has 0 nitrogen and oxygen atoms in total. The van der Waals surface area contributed by atoms with E-state index in [2.05, 4.69) is 0 Å². The summed E-state index contributed by atoms with van der Waals surface area (Å²) < 4.78 is 0. The molecule has 0 amide bonds. The molecule has 0 aliphatic heterocycles. The van der Waals surface area contributed by atoms with Crippen LogP contribution in [0.5, 0.6) is 0 Å². The molecule has 0 saturated carbocycles. The molecule has 0 aliphatic rings. The molecule has 2 rings (SSSR count). The van der Waals surface area contributed by atoms with Gasteiger partial charge in [-0.15, -0.1) is 0 Å². The van der Waals surface area contributed by atoms with Crippen LogP contribution in [-0.2, 0) is 0 Å². The average molecular weight is 328 g/mol. The van der Waals surface area contributed by atoms with Gasteiger partial charge in [-0.1, -0.05) is 70.7 Å². The van der Waals surface area contributed by atoms with Gasteiger partial charge in [-0.3, -0.25) is 0 Å². The van der Waals surface area contributed by atoms with Crippen LogP contribution in [0, 0.1) is 0 Å². The van der Waals surface area contributed by atoms with Crippen molar-refractivity contribution in [1.29, 1.82) is 0 Å². The van der Waals surface area contributed by atoms with E-state index in [4.69, 9.17) is 46.4 Å². The molecule has 2 aromatic rings. The molecule has 92 valence electrons. The summed E-state index contributed by atoms with van der Waals surface area (Å²) in [4.78, 5) is 0. The van der Waals surface area contributed by atoms with Crippen LogP contribution in [0.25, 0.3) is 0 Å². The number of halogens is 4. The van der Waals surface area contributed by atoms with E-state index in [1.807, 2.05) is 24.3 Å². The third-order valence-corrected chi connectivity index (χ3v) is 3.16. The Kier molecular flexibility index (Phi) is 8.93. The predicted octanol–water partition coefficient (Wildman–Crippen LogP) is 6.10. The first kappa shape index (κ1) is 16.9. The molecule has 0 N–H and O–H groups in total.